The highest BCUT2D eigenvalue weighted by molar-refractivity contribution is 6.30. The molecule has 1 aromatic heterocycles. The fourth-order valence-electron chi connectivity index (χ4n) is 3.21. The number of halogens is 1. The normalized spacial score (nSPS) is 13.1. The largest absolute Gasteiger partial charge is 0.487 e. The lowest BCUT2D eigenvalue weighted by Gasteiger charge is -2.16. The molecular weight excluding hydrogens is 428 g/mol. The van der Waals surface area contributed by atoms with Crippen LogP contribution in [0.2, 0.25) is 5.02 Å². The van der Waals surface area contributed by atoms with Crippen LogP contribution in [0.5, 0.6) is 5.75 Å². The molecule has 4 rings (SSSR count). The third-order valence-electron chi connectivity index (χ3n) is 5.02. The number of anilines is 2. The minimum atomic E-state index is -0.380. The van der Waals surface area contributed by atoms with E-state index >= 15 is 0 Å². The number of ether oxygens (including phenoxy) is 1. The molecule has 8 heteroatoms. The molecule has 2 N–H and O–H groups in total. The van der Waals surface area contributed by atoms with Crippen molar-refractivity contribution in [2.24, 2.45) is 5.92 Å². The Morgan fingerprint density at radius 2 is 1.97 bits per heavy atom. The first kappa shape index (κ1) is 21.9. The Labute approximate surface area is 191 Å². The molecule has 2 aromatic carbocycles. The fourth-order valence-corrected chi connectivity index (χ4v) is 3.33. The van der Waals surface area contributed by atoms with Gasteiger partial charge in [-0.3, -0.25) is 9.59 Å². The molecule has 3 aromatic rings. The van der Waals surface area contributed by atoms with Crippen LogP contribution in [0.3, 0.4) is 0 Å². The van der Waals surface area contributed by atoms with Gasteiger partial charge in [0, 0.05) is 22.8 Å². The van der Waals surface area contributed by atoms with Crippen molar-refractivity contribution >= 4 is 28.9 Å². The number of benzene rings is 2. The molecule has 7 nitrogen and oxygen atoms in total. The highest BCUT2D eigenvalue weighted by Crippen LogP contribution is 2.28. The third-order valence-corrected chi connectivity index (χ3v) is 5.27. The van der Waals surface area contributed by atoms with E-state index in [1.54, 1.807) is 48.5 Å². The summed E-state index contributed by atoms with van der Waals surface area (Å²) >= 11 is 5.97. The summed E-state index contributed by atoms with van der Waals surface area (Å²) in [7, 11) is 0. The fraction of sp³-hybridized carbons (Fsp3) is 0.292. The van der Waals surface area contributed by atoms with Crippen LogP contribution in [0.15, 0.2) is 59.5 Å². The van der Waals surface area contributed by atoms with Gasteiger partial charge >= 0.3 is 0 Å². The van der Waals surface area contributed by atoms with Gasteiger partial charge in [0.05, 0.1) is 18.0 Å². The lowest BCUT2D eigenvalue weighted by molar-refractivity contribution is 0.0952. The quantitative estimate of drug-likeness (QED) is 0.523. The molecule has 1 aliphatic carbocycles. The first-order valence-corrected chi connectivity index (χ1v) is 11.0. The molecule has 32 heavy (non-hydrogen) atoms. The molecule has 1 heterocycles. The second-order valence-electron chi connectivity index (χ2n) is 8.10. The van der Waals surface area contributed by atoms with E-state index < -0.39 is 0 Å². The molecule has 166 valence electrons. The summed E-state index contributed by atoms with van der Waals surface area (Å²) in [6.07, 6.45) is 3.69. The zero-order valence-electron chi connectivity index (χ0n) is 18.0. The Kier molecular flexibility index (Phi) is 6.46. The zero-order valence-corrected chi connectivity index (χ0v) is 18.7. The van der Waals surface area contributed by atoms with Crippen LogP contribution < -0.4 is 20.9 Å². The summed E-state index contributed by atoms with van der Waals surface area (Å²) in [5.74, 6) is 0.797. The second-order valence-corrected chi connectivity index (χ2v) is 8.54. The van der Waals surface area contributed by atoms with Gasteiger partial charge < -0.3 is 15.4 Å². The van der Waals surface area contributed by atoms with Gasteiger partial charge in [0.2, 0.25) is 0 Å². The number of carbonyl (C=O) groups excluding carboxylic acids is 1. The van der Waals surface area contributed by atoms with E-state index in [0.29, 0.717) is 40.2 Å². The summed E-state index contributed by atoms with van der Waals surface area (Å²) in [5.41, 5.74) is 1.55. The van der Waals surface area contributed by atoms with Gasteiger partial charge in [0.25, 0.3) is 11.5 Å². The minimum absolute atomic E-state index is 0.132. The standard InChI is InChI=1S/C24H25ClN4O3/c1-15(2)32-21-14-27-29(20-10-8-18(25)9-11-20)24(31)22(21)28-19-5-3-4-17(12-19)23(30)26-13-16-6-7-16/h3-5,8-12,14-16,28H,6-7,13H2,1-2H3,(H,26,30). The first-order valence-electron chi connectivity index (χ1n) is 10.6. The van der Waals surface area contributed by atoms with Crippen LogP contribution >= 0.6 is 11.6 Å². The van der Waals surface area contributed by atoms with Crippen LogP contribution in [-0.2, 0) is 0 Å². The summed E-state index contributed by atoms with van der Waals surface area (Å²) in [5, 5.41) is 10.9. The zero-order chi connectivity index (χ0) is 22.7. The van der Waals surface area contributed by atoms with E-state index in [2.05, 4.69) is 15.7 Å². The van der Waals surface area contributed by atoms with Crippen LogP contribution in [0.25, 0.3) is 5.69 Å². The highest BCUT2D eigenvalue weighted by atomic mass is 35.5. The predicted octanol–water partition coefficient (Wildman–Crippen LogP) is 4.56. The van der Waals surface area contributed by atoms with Gasteiger partial charge in [0.15, 0.2) is 11.4 Å². The maximum atomic E-state index is 13.3. The van der Waals surface area contributed by atoms with Crippen molar-refractivity contribution in [1.82, 2.24) is 15.1 Å². The molecule has 1 fully saturated rings. The van der Waals surface area contributed by atoms with Crippen molar-refractivity contribution in [3.63, 3.8) is 0 Å². The summed E-state index contributed by atoms with van der Waals surface area (Å²) < 4.78 is 7.10. The molecule has 1 aliphatic rings. The van der Waals surface area contributed by atoms with Gasteiger partial charge in [-0.2, -0.15) is 9.78 Å². The highest BCUT2D eigenvalue weighted by Gasteiger charge is 2.22. The van der Waals surface area contributed by atoms with Gasteiger partial charge in [-0.1, -0.05) is 17.7 Å². The third kappa shape index (κ3) is 5.29. The minimum Gasteiger partial charge on any atom is -0.487 e. The van der Waals surface area contributed by atoms with E-state index in [1.165, 1.54) is 23.7 Å². The Morgan fingerprint density at radius 3 is 2.66 bits per heavy atom. The number of nitrogens with one attached hydrogen (secondary N) is 2. The molecule has 0 atom stereocenters. The Bertz CT molecular complexity index is 1170. The van der Waals surface area contributed by atoms with E-state index in [0.717, 1.165) is 0 Å². The van der Waals surface area contributed by atoms with Gasteiger partial charge in [-0.15, -0.1) is 0 Å². The molecule has 0 saturated heterocycles. The molecule has 0 bridgehead atoms. The number of amides is 1. The average molecular weight is 453 g/mol. The molecule has 0 spiro atoms. The van der Waals surface area contributed by atoms with Gasteiger partial charge in [-0.05, 0) is 75.1 Å². The number of hydrogen-bond acceptors (Lipinski definition) is 5. The Balaban J connectivity index is 1.66. The predicted molar refractivity (Wildman–Crippen MR) is 125 cm³/mol. The molecule has 0 aliphatic heterocycles. The van der Waals surface area contributed by atoms with Crippen molar-refractivity contribution in [1.29, 1.82) is 0 Å². The maximum Gasteiger partial charge on any atom is 0.299 e. The number of aromatic nitrogens is 2. The lowest BCUT2D eigenvalue weighted by atomic mass is 10.2. The number of hydrogen-bond donors (Lipinski definition) is 2. The number of nitrogens with zero attached hydrogens (tertiary/aromatic N) is 2. The maximum absolute atomic E-state index is 13.3. The van der Waals surface area contributed by atoms with E-state index in [9.17, 15) is 9.59 Å². The van der Waals surface area contributed by atoms with Crippen LogP contribution in [0.4, 0.5) is 11.4 Å². The SMILES string of the molecule is CC(C)Oc1cnn(-c2ccc(Cl)cc2)c(=O)c1Nc1cccc(C(=O)NCC2CC2)c1. The van der Waals surface area contributed by atoms with Crippen LogP contribution in [0, 0.1) is 5.92 Å². The summed E-state index contributed by atoms with van der Waals surface area (Å²) in [4.78, 5) is 25.8. The molecule has 0 radical (unpaired) electrons. The average Bonchev–Trinajstić information content (AvgIpc) is 3.60. The van der Waals surface area contributed by atoms with E-state index in [4.69, 9.17) is 16.3 Å². The first-order chi connectivity index (χ1) is 15.4. The van der Waals surface area contributed by atoms with E-state index in [1.807, 2.05) is 13.8 Å². The van der Waals surface area contributed by atoms with Crippen molar-refractivity contribution in [3.8, 4) is 11.4 Å². The Hall–Kier alpha value is -3.32. The monoisotopic (exact) mass is 452 g/mol. The number of rotatable bonds is 8. The van der Waals surface area contributed by atoms with Crippen molar-refractivity contribution in [2.75, 3.05) is 11.9 Å². The van der Waals surface area contributed by atoms with Crippen LogP contribution in [0.1, 0.15) is 37.0 Å². The smallest absolute Gasteiger partial charge is 0.299 e. The molecule has 0 unspecified atom stereocenters. The molecule has 1 saturated carbocycles. The number of carbonyl (C=O) groups is 1. The van der Waals surface area contributed by atoms with Crippen LogP contribution in [-0.4, -0.2) is 28.3 Å². The summed E-state index contributed by atoms with van der Waals surface area (Å²) in [6, 6.07) is 13.9. The lowest BCUT2D eigenvalue weighted by Crippen LogP contribution is -2.26. The van der Waals surface area contributed by atoms with Crippen molar-refractivity contribution < 1.29 is 9.53 Å². The Morgan fingerprint density at radius 1 is 1.22 bits per heavy atom. The molecular formula is C24H25ClN4O3. The second kappa shape index (κ2) is 9.44. The molecule has 1 amide bonds. The topological polar surface area (TPSA) is 85.2 Å². The van der Waals surface area contributed by atoms with Gasteiger partial charge in [-0.25, -0.2) is 0 Å². The van der Waals surface area contributed by atoms with E-state index in [-0.39, 0.29) is 23.3 Å². The summed E-state index contributed by atoms with van der Waals surface area (Å²) in [6.45, 7) is 4.44. The van der Waals surface area contributed by atoms with Crippen molar-refractivity contribution in [2.45, 2.75) is 32.8 Å². The van der Waals surface area contributed by atoms with Crippen molar-refractivity contribution in [3.05, 3.63) is 75.7 Å². The van der Waals surface area contributed by atoms with Gasteiger partial charge in [0.1, 0.15) is 0 Å².